The maximum atomic E-state index is 13.9. The molecule has 1 N–H and O–H groups in total. The summed E-state index contributed by atoms with van der Waals surface area (Å²) in [5, 5.41) is 14.0. The molecule has 0 aliphatic heterocycles. The van der Waals surface area contributed by atoms with Gasteiger partial charge in [0.1, 0.15) is 28.5 Å². The molecule has 0 saturated carbocycles. The van der Waals surface area contributed by atoms with Crippen molar-refractivity contribution >= 4 is 27.4 Å². The smallest absolute Gasteiger partial charge is 0.220 e. The summed E-state index contributed by atoms with van der Waals surface area (Å²) in [5.41, 5.74) is 1.59. The second-order valence-electron chi connectivity index (χ2n) is 5.90. The van der Waals surface area contributed by atoms with Crippen molar-refractivity contribution in [3.05, 3.63) is 71.2 Å². The maximum Gasteiger partial charge on any atom is 0.220 e. The fraction of sp³-hybridized carbons (Fsp3) is 0.100. The van der Waals surface area contributed by atoms with Crippen LogP contribution in [0.15, 0.2) is 54.3 Å². The van der Waals surface area contributed by atoms with Crippen LogP contribution in [0.3, 0.4) is 0 Å². The number of rotatable bonds is 6. The summed E-state index contributed by atoms with van der Waals surface area (Å²) in [4.78, 5) is 12.9. The molecule has 28 heavy (non-hydrogen) atoms. The average Bonchev–Trinajstić information content (AvgIpc) is 3.11. The van der Waals surface area contributed by atoms with E-state index in [1.54, 1.807) is 12.1 Å². The van der Waals surface area contributed by atoms with Crippen LogP contribution in [-0.2, 0) is 6.42 Å². The van der Waals surface area contributed by atoms with Gasteiger partial charge in [0, 0.05) is 24.2 Å². The highest BCUT2D eigenvalue weighted by molar-refractivity contribution is 7.16. The van der Waals surface area contributed by atoms with Gasteiger partial charge in [-0.3, -0.25) is 0 Å². The highest BCUT2D eigenvalue weighted by Gasteiger charge is 2.10. The van der Waals surface area contributed by atoms with Gasteiger partial charge in [0.25, 0.3) is 0 Å². The van der Waals surface area contributed by atoms with Crippen LogP contribution < -0.4 is 10.1 Å². The molecule has 4 rings (SSSR count). The topological polar surface area (TPSA) is 83.7 Å². The first-order valence-electron chi connectivity index (χ1n) is 8.47. The first-order valence-corrected chi connectivity index (χ1v) is 9.35. The standard InChI is InChI=1S/C20H14FN5OS/c21-16-11-28-20-18(16)19(25-12-26-20)24-8-5-13-1-3-15(4-2-13)27-17-9-14(10-22)6-7-23-17/h1-4,6-7,9,11-12H,5,8H2,(H,24,25,26). The van der Waals surface area contributed by atoms with Crippen LogP contribution in [0.2, 0.25) is 0 Å². The number of aromatic nitrogens is 3. The predicted octanol–water partition coefficient (Wildman–Crippen LogP) is 4.54. The summed E-state index contributed by atoms with van der Waals surface area (Å²) in [5.74, 6) is 1.21. The lowest BCUT2D eigenvalue weighted by molar-refractivity contribution is 0.462. The van der Waals surface area contributed by atoms with Crippen LogP contribution in [0.25, 0.3) is 10.2 Å². The lowest BCUT2D eigenvalue weighted by atomic mass is 10.1. The Labute approximate surface area is 164 Å². The van der Waals surface area contributed by atoms with Crippen molar-refractivity contribution in [3.8, 4) is 17.7 Å². The minimum Gasteiger partial charge on any atom is -0.439 e. The molecule has 138 valence electrons. The number of thiophene rings is 1. The molecular formula is C20H14FN5OS. The van der Waals surface area contributed by atoms with Crippen LogP contribution in [0, 0.1) is 17.1 Å². The second-order valence-corrected chi connectivity index (χ2v) is 6.76. The number of halogens is 1. The van der Waals surface area contributed by atoms with Crippen molar-refractivity contribution in [2.24, 2.45) is 0 Å². The van der Waals surface area contributed by atoms with Crippen molar-refractivity contribution in [1.82, 2.24) is 15.0 Å². The molecule has 4 aromatic rings. The van der Waals surface area contributed by atoms with Gasteiger partial charge < -0.3 is 10.1 Å². The Morgan fingerprint density at radius 3 is 2.82 bits per heavy atom. The molecule has 0 saturated heterocycles. The Morgan fingerprint density at radius 1 is 1.14 bits per heavy atom. The summed E-state index contributed by atoms with van der Waals surface area (Å²) in [6.07, 6.45) is 3.70. The number of pyridine rings is 1. The number of nitrogens with zero attached hydrogens (tertiary/aromatic N) is 4. The molecule has 0 spiro atoms. The van der Waals surface area contributed by atoms with E-state index < -0.39 is 0 Å². The molecule has 3 heterocycles. The SMILES string of the molecule is N#Cc1ccnc(Oc2ccc(CCNc3ncnc4scc(F)c34)cc2)c1. The zero-order chi connectivity index (χ0) is 19.3. The van der Waals surface area contributed by atoms with E-state index in [-0.39, 0.29) is 5.82 Å². The Bertz CT molecular complexity index is 1150. The largest absolute Gasteiger partial charge is 0.439 e. The Kier molecular flexibility index (Phi) is 5.08. The Balaban J connectivity index is 1.37. The number of nitrogens with one attached hydrogen (secondary N) is 1. The van der Waals surface area contributed by atoms with Crippen LogP contribution in [-0.4, -0.2) is 21.5 Å². The zero-order valence-electron chi connectivity index (χ0n) is 14.6. The van der Waals surface area contributed by atoms with E-state index in [4.69, 9.17) is 10.00 Å². The van der Waals surface area contributed by atoms with E-state index in [0.717, 1.165) is 12.0 Å². The van der Waals surface area contributed by atoms with E-state index in [1.807, 2.05) is 24.3 Å². The zero-order valence-corrected chi connectivity index (χ0v) is 15.4. The first-order chi connectivity index (χ1) is 13.7. The molecule has 3 aromatic heterocycles. The fourth-order valence-electron chi connectivity index (χ4n) is 2.68. The average molecular weight is 391 g/mol. The molecule has 0 aliphatic carbocycles. The highest BCUT2D eigenvalue weighted by Crippen LogP contribution is 2.27. The van der Waals surface area contributed by atoms with Gasteiger partial charge in [0.15, 0.2) is 0 Å². The lowest BCUT2D eigenvalue weighted by Crippen LogP contribution is -2.07. The lowest BCUT2D eigenvalue weighted by Gasteiger charge is -2.08. The van der Waals surface area contributed by atoms with Crippen molar-refractivity contribution in [2.75, 3.05) is 11.9 Å². The number of ether oxygens (including phenoxy) is 1. The Morgan fingerprint density at radius 2 is 2.00 bits per heavy atom. The molecule has 1 aromatic carbocycles. The van der Waals surface area contributed by atoms with Crippen molar-refractivity contribution in [3.63, 3.8) is 0 Å². The summed E-state index contributed by atoms with van der Waals surface area (Å²) < 4.78 is 19.5. The third kappa shape index (κ3) is 3.89. The summed E-state index contributed by atoms with van der Waals surface area (Å²) in [6, 6.07) is 12.9. The van der Waals surface area contributed by atoms with Gasteiger partial charge in [-0.1, -0.05) is 12.1 Å². The molecule has 0 atom stereocenters. The van der Waals surface area contributed by atoms with Gasteiger partial charge in [0.2, 0.25) is 5.88 Å². The number of hydrogen-bond donors (Lipinski definition) is 1. The minimum atomic E-state index is -0.307. The van der Waals surface area contributed by atoms with Crippen LogP contribution in [0.5, 0.6) is 11.6 Å². The Hall–Kier alpha value is -3.57. The first kappa shape index (κ1) is 17.8. The molecule has 0 amide bonds. The quantitative estimate of drug-likeness (QED) is 0.519. The molecule has 0 fully saturated rings. The molecule has 0 unspecified atom stereocenters. The van der Waals surface area contributed by atoms with Crippen LogP contribution >= 0.6 is 11.3 Å². The van der Waals surface area contributed by atoms with E-state index >= 15 is 0 Å². The third-order valence-corrected chi connectivity index (χ3v) is 4.90. The van der Waals surface area contributed by atoms with Gasteiger partial charge in [-0.15, -0.1) is 11.3 Å². The van der Waals surface area contributed by atoms with Crippen molar-refractivity contribution in [1.29, 1.82) is 5.26 Å². The normalized spacial score (nSPS) is 10.6. The molecule has 6 nitrogen and oxygen atoms in total. The number of benzene rings is 1. The van der Waals surface area contributed by atoms with Gasteiger partial charge in [-0.25, -0.2) is 19.3 Å². The third-order valence-electron chi connectivity index (χ3n) is 4.04. The summed E-state index contributed by atoms with van der Waals surface area (Å²) >= 11 is 1.26. The fourth-order valence-corrected chi connectivity index (χ4v) is 3.43. The maximum absolute atomic E-state index is 13.9. The molecule has 0 aliphatic rings. The van der Waals surface area contributed by atoms with Crippen LogP contribution in [0.4, 0.5) is 10.2 Å². The highest BCUT2D eigenvalue weighted by atomic mass is 32.1. The molecule has 0 radical (unpaired) electrons. The number of hydrogen-bond acceptors (Lipinski definition) is 7. The predicted molar refractivity (Wildman–Crippen MR) is 105 cm³/mol. The van der Waals surface area contributed by atoms with Gasteiger partial charge in [-0.2, -0.15) is 5.26 Å². The van der Waals surface area contributed by atoms with E-state index in [2.05, 4.69) is 26.3 Å². The van der Waals surface area contributed by atoms with Crippen molar-refractivity contribution < 1.29 is 9.13 Å². The van der Waals surface area contributed by atoms with E-state index in [1.165, 1.54) is 29.2 Å². The summed E-state index contributed by atoms with van der Waals surface area (Å²) in [7, 11) is 0. The molecule has 0 bridgehead atoms. The van der Waals surface area contributed by atoms with E-state index in [9.17, 15) is 4.39 Å². The monoisotopic (exact) mass is 391 g/mol. The van der Waals surface area contributed by atoms with E-state index in [0.29, 0.717) is 39.8 Å². The molecule has 8 heteroatoms. The van der Waals surface area contributed by atoms with Crippen LogP contribution in [0.1, 0.15) is 11.1 Å². The molecular weight excluding hydrogens is 377 g/mol. The summed E-state index contributed by atoms with van der Waals surface area (Å²) in [6.45, 7) is 0.605. The minimum absolute atomic E-state index is 0.307. The van der Waals surface area contributed by atoms with Crippen molar-refractivity contribution in [2.45, 2.75) is 6.42 Å². The van der Waals surface area contributed by atoms with Gasteiger partial charge in [-0.05, 0) is 30.2 Å². The number of nitriles is 1. The number of anilines is 1. The van der Waals surface area contributed by atoms with Gasteiger partial charge in [0.05, 0.1) is 17.0 Å². The van der Waals surface area contributed by atoms with Gasteiger partial charge >= 0.3 is 0 Å². The number of fused-ring (bicyclic) bond motifs is 1. The second kappa shape index (κ2) is 7.98.